The fourth-order valence-corrected chi connectivity index (χ4v) is 2.48. The quantitative estimate of drug-likeness (QED) is 0.796. The molecule has 0 saturated carbocycles. The van der Waals surface area contributed by atoms with Crippen molar-refractivity contribution in [3.63, 3.8) is 0 Å². The number of nitrogens with zero attached hydrogens (tertiary/aromatic N) is 1. The maximum atomic E-state index is 12.0. The predicted octanol–water partition coefficient (Wildman–Crippen LogP) is 1.16. The summed E-state index contributed by atoms with van der Waals surface area (Å²) in [5.41, 5.74) is 0. The van der Waals surface area contributed by atoms with Crippen LogP contribution in [0.2, 0.25) is 0 Å². The number of aryl methyl sites for hydroxylation is 1. The molecule has 0 spiro atoms. The van der Waals surface area contributed by atoms with E-state index in [1.807, 2.05) is 6.92 Å². The Kier molecular flexibility index (Phi) is 4.58. The van der Waals surface area contributed by atoms with Crippen molar-refractivity contribution in [2.24, 2.45) is 0 Å². The first-order valence-electron chi connectivity index (χ1n) is 6.21. The van der Waals surface area contributed by atoms with Crippen LogP contribution in [0.1, 0.15) is 24.3 Å². The van der Waals surface area contributed by atoms with Crippen LogP contribution in [0.4, 0.5) is 0 Å². The molecule has 0 radical (unpaired) electrons. The van der Waals surface area contributed by atoms with Crippen LogP contribution in [-0.2, 0) is 23.1 Å². The van der Waals surface area contributed by atoms with E-state index in [1.54, 1.807) is 13.0 Å². The van der Waals surface area contributed by atoms with Crippen LogP contribution in [0.5, 0.6) is 0 Å². The average Bonchev–Trinajstić information content (AvgIpc) is 3.03. The zero-order valence-corrected chi connectivity index (χ0v) is 12.2. The third-order valence-electron chi connectivity index (χ3n) is 2.53. The molecular formula is C12H17N3O4S. The summed E-state index contributed by atoms with van der Waals surface area (Å²) in [6, 6.07) is 3.06. The third-order valence-corrected chi connectivity index (χ3v) is 3.81. The molecule has 8 heteroatoms. The summed E-state index contributed by atoms with van der Waals surface area (Å²) in [4.78, 5) is 3.92. The summed E-state index contributed by atoms with van der Waals surface area (Å²) in [5.74, 6) is 1.51. The fraction of sp³-hybridized carbons (Fsp3) is 0.417. The molecule has 0 saturated heterocycles. The highest BCUT2D eigenvalue weighted by molar-refractivity contribution is 7.89. The molecule has 0 bridgehead atoms. The van der Waals surface area contributed by atoms with Crippen LogP contribution in [-0.4, -0.2) is 19.9 Å². The second kappa shape index (κ2) is 6.21. The maximum Gasteiger partial charge on any atom is 0.274 e. The largest absolute Gasteiger partial charge is 0.447 e. The van der Waals surface area contributed by atoms with Crippen molar-refractivity contribution in [2.45, 2.75) is 32.0 Å². The highest BCUT2D eigenvalue weighted by Crippen LogP contribution is 2.14. The van der Waals surface area contributed by atoms with Gasteiger partial charge in [-0.2, -0.15) is 4.72 Å². The molecule has 2 aromatic heterocycles. The summed E-state index contributed by atoms with van der Waals surface area (Å²) >= 11 is 0. The predicted molar refractivity (Wildman–Crippen MR) is 71.4 cm³/mol. The maximum absolute atomic E-state index is 12.0. The number of rotatable bonds is 7. The second-order valence-electron chi connectivity index (χ2n) is 4.19. The molecule has 0 aliphatic carbocycles. The van der Waals surface area contributed by atoms with Crippen molar-refractivity contribution in [2.75, 3.05) is 6.54 Å². The molecule has 2 rings (SSSR count). The number of sulfonamides is 1. The lowest BCUT2D eigenvalue weighted by Crippen LogP contribution is -2.23. The summed E-state index contributed by atoms with van der Waals surface area (Å²) in [5, 5.41) is 2.94. The van der Waals surface area contributed by atoms with E-state index < -0.39 is 10.0 Å². The van der Waals surface area contributed by atoms with Crippen LogP contribution in [0, 0.1) is 6.92 Å². The molecule has 0 fully saturated rings. The highest BCUT2D eigenvalue weighted by atomic mass is 32.2. The van der Waals surface area contributed by atoms with E-state index >= 15 is 0 Å². The van der Waals surface area contributed by atoms with Crippen molar-refractivity contribution < 1.29 is 17.3 Å². The number of aromatic nitrogens is 1. The van der Waals surface area contributed by atoms with E-state index in [4.69, 9.17) is 8.83 Å². The number of oxazole rings is 1. The summed E-state index contributed by atoms with van der Waals surface area (Å²) in [7, 11) is -3.70. The van der Waals surface area contributed by atoms with Gasteiger partial charge in [0.05, 0.1) is 19.3 Å². The SMILES string of the molecule is CCNCc1ccc(S(=O)(=O)NCc2ncc(C)o2)o1. The van der Waals surface area contributed by atoms with Gasteiger partial charge in [0.2, 0.25) is 11.0 Å². The van der Waals surface area contributed by atoms with Crippen LogP contribution < -0.4 is 10.0 Å². The topological polar surface area (TPSA) is 97.4 Å². The molecule has 7 nitrogen and oxygen atoms in total. The Morgan fingerprint density at radius 2 is 2.05 bits per heavy atom. The van der Waals surface area contributed by atoms with E-state index in [9.17, 15) is 8.42 Å². The molecule has 0 unspecified atom stereocenters. The van der Waals surface area contributed by atoms with Crippen LogP contribution in [0.25, 0.3) is 0 Å². The Morgan fingerprint density at radius 1 is 1.25 bits per heavy atom. The first-order chi connectivity index (χ1) is 9.51. The van der Waals surface area contributed by atoms with Crippen LogP contribution in [0.3, 0.4) is 0 Å². The van der Waals surface area contributed by atoms with Gasteiger partial charge < -0.3 is 14.2 Å². The Hall–Kier alpha value is -1.64. The molecule has 20 heavy (non-hydrogen) atoms. The van der Waals surface area contributed by atoms with Crippen molar-refractivity contribution in [3.8, 4) is 0 Å². The molecule has 110 valence electrons. The standard InChI is InChI=1S/C12H17N3O4S/c1-3-13-7-10-4-5-12(19-10)20(16,17)15-8-11-14-6-9(2)18-11/h4-6,13,15H,3,7-8H2,1-2H3. The molecule has 2 heterocycles. The molecule has 0 aromatic carbocycles. The van der Waals surface area contributed by atoms with E-state index in [0.29, 0.717) is 24.0 Å². The minimum atomic E-state index is -3.70. The number of hydrogen-bond donors (Lipinski definition) is 2. The Balaban J connectivity index is 2.00. The number of furan rings is 1. The monoisotopic (exact) mass is 299 g/mol. The van der Waals surface area contributed by atoms with Gasteiger partial charge in [-0.15, -0.1) is 0 Å². The molecule has 2 aromatic rings. The van der Waals surface area contributed by atoms with E-state index in [2.05, 4.69) is 15.0 Å². The van der Waals surface area contributed by atoms with Crippen LogP contribution >= 0.6 is 0 Å². The second-order valence-corrected chi connectivity index (χ2v) is 5.89. The van der Waals surface area contributed by atoms with Crippen molar-refractivity contribution in [1.82, 2.24) is 15.0 Å². The van der Waals surface area contributed by atoms with Gasteiger partial charge in [-0.3, -0.25) is 0 Å². The summed E-state index contributed by atoms with van der Waals surface area (Å²) < 4.78 is 36.9. The third kappa shape index (κ3) is 3.69. The van der Waals surface area contributed by atoms with E-state index in [-0.39, 0.29) is 11.6 Å². The van der Waals surface area contributed by atoms with Gasteiger partial charge in [0.25, 0.3) is 10.0 Å². The van der Waals surface area contributed by atoms with Gasteiger partial charge in [0, 0.05) is 0 Å². The molecule has 0 atom stereocenters. The van der Waals surface area contributed by atoms with Gasteiger partial charge in [-0.05, 0) is 25.6 Å². The molecule has 0 aliphatic heterocycles. The first kappa shape index (κ1) is 14.8. The Morgan fingerprint density at radius 3 is 2.70 bits per heavy atom. The van der Waals surface area contributed by atoms with Gasteiger partial charge in [0.1, 0.15) is 11.5 Å². The van der Waals surface area contributed by atoms with Crippen molar-refractivity contribution in [3.05, 3.63) is 35.7 Å². The molecule has 0 amide bonds. The first-order valence-corrected chi connectivity index (χ1v) is 7.70. The summed E-state index contributed by atoms with van der Waals surface area (Å²) in [6.45, 7) is 4.96. The minimum absolute atomic E-state index is 0.0145. The normalized spacial score (nSPS) is 11.9. The molecule has 2 N–H and O–H groups in total. The highest BCUT2D eigenvalue weighted by Gasteiger charge is 2.19. The lowest BCUT2D eigenvalue weighted by atomic mass is 10.4. The number of nitrogens with one attached hydrogen (secondary N) is 2. The minimum Gasteiger partial charge on any atom is -0.447 e. The van der Waals surface area contributed by atoms with Crippen LogP contribution in [0.15, 0.2) is 32.3 Å². The van der Waals surface area contributed by atoms with Gasteiger partial charge >= 0.3 is 0 Å². The van der Waals surface area contributed by atoms with E-state index in [1.165, 1.54) is 12.3 Å². The number of hydrogen-bond acceptors (Lipinski definition) is 6. The molecular weight excluding hydrogens is 282 g/mol. The summed E-state index contributed by atoms with van der Waals surface area (Å²) in [6.07, 6.45) is 1.53. The smallest absolute Gasteiger partial charge is 0.274 e. The van der Waals surface area contributed by atoms with Gasteiger partial charge in [-0.25, -0.2) is 13.4 Å². The average molecular weight is 299 g/mol. The Bertz CT molecular complexity index is 660. The van der Waals surface area contributed by atoms with Crippen molar-refractivity contribution in [1.29, 1.82) is 0 Å². The van der Waals surface area contributed by atoms with Gasteiger partial charge in [-0.1, -0.05) is 6.92 Å². The molecule has 0 aliphatic rings. The van der Waals surface area contributed by atoms with E-state index in [0.717, 1.165) is 6.54 Å². The lowest BCUT2D eigenvalue weighted by Gasteiger charge is -2.02. The zero-order valence-electron chi connectivity index (χ0n) is 11.3. The van der Waals surface area contributed by atoms with Crippen molar-refractivity contribution >= 4 is 10.0 Å². The Labute approximate surface area is 117 Å². The lowest BCUT2D eigenvalue weighted by molar-refractivity contribution is 0.399. The van der Waals surface area contributed by atoms with Gasteiger partial charge in [0.15, 0.2) is 0 Å². The fourth-order valence-electron chi connectivity index (χ4n) is 1.56. The zero-order chi connectivity index (χ0) is 14.6.